The first-order valence-corrected chi connectivity index (χ1v) is 11.0. The molecule has 0 aliphatic heterocycles. The molecule has 3 aromatic rings. The number of aromatic nitrogens is 1. The normalized spacial score (nSPS) is 12.2. The lowest BCUT2D eigenvalue weighted by atomic mass is 10.1. The van der Waals surface area contributed by atoms with Crippen LogP contribution in [-0.4, -0.2) is 22.2 Å². The third kappa shape index (κ3) is 5.52. The van der Waals surface area contributed by atoms with Crippen LogP contribution in [0.1, 0.15) is 18.9 Å². The Bertz CT molecular complexity index is 1290. The van der Waals surface area contributed by atoms with Crippen molar-refractivity contribution in [2.45, 2.75) is 26.3 Å². The average molecular weight is 450 g/mol. The molecule has 2 aromatic carbocycles. The number of para-hydroxylation sites is 1. The van der Waals surface area contributed by atoms with Crippen LogP contribution in [0.3, 0.4) is 0 Å². The van der Waals surface area contributed by atoms with Crippen molar-refractivity contribution in [3.05, 3.63) is 79.7 Å². The maximum absolute atomic E-state index is 12.8. The van der Waals surface area contributed by atoms with Crippen molar-refractivity contribution in [2.24, 2.45) is 0 Å². The summed E-state index contributed by atoms with van der Waals surface area (Å²) in [6, 6.07) is 18.2. The monoisotopic (exact) mass is 449 g/mol. The second-order valence-corrected chi connectivity index (χ2v) is 7.85. The van der Waals surface area contributed by atoms with Crippen molar-refractivity contribution in [1.29, 1.82) is 5.26 Å². The minimum atomic E-state index is -0.818. The third-order valence-corrected chi connectivity index (χ3v) is 5.79. The summed E-state index contributed by atoms with van der Waals surface area (Å²) in [4.78, 5) is 25.5. The van der Waals surface area contributed by atoms with Crippen molar-refractivity contribution in [1.82, 2.24) is 4.57 Å². The van der Waals surface area contributed by atoms with Gasteiger partial charge in [-0.25, -0.2) is 4.79 Å². The lowest BCUT2D eigenvalue weighted by molar-refractivity contribution is -0.127. The van der Waals surface area contributed by atoms with E-state index in [9.17, 15) is 14.9 Å². The Morgan fingerprint density at radius 2 is 1.94 bits per heavy atom. The summed E-state index contributed by atoms with van der Waals surface area (Å²) in [6.07, 6.45) is 2.94. The zero-order valence-electron chi connectivity index (χ0n) is 17.6. The van der Waals surface area contributed by atoms with Gasteiger partial charge in [-0.15, -0.1) is 11.3 Å². The molecule has 0 unspecified atom stereocenters. The van der Waals surface area contributed by atoms with Crippen LogP contribution in [0.4, 0.5) is 5.69 Å². The highest BCUT2D eigenvalue weighted by Gasteiger charge is 2.17. The molecular weight excluding hydrogens is 426 g/mol. The molecule has 2 N–H and O–H groups in total. The summed E-state index contributed by atoms with van der Waals surface area (Å²) >= 11 is 1.06. The van der Waals surface area contributed by atoms with Crippen molar-refractivity contribution < 1.29 is 14.6 Å². The van der Waals surface area contributed by atoms with Crippen molar-refractivity contribution >= 4 is 34.8 Å². The summed E-state index contributed by atoms with van der Waals surface area (Å²) in [7, 11) is 0. The number of anilines is 1. The van der Waals surface area contributed by atoms with Crippen LogP contribution in [0.5, 0.6) is 5.75 Å². The molecule has 164 valence electrons. The van der Waals surface area contributed by atoms with Gasteiger partial charge in [0.2, 0.25) is 0 Å². The number of aryl methyl sites for hydroxylation is 1. The quantitative estimate of drug-likeness (QED) is 0.403. The number of ether oxygens (including phenoxy) is 1. The van der Waals surface area contributed by atoms with Crippen LogP contribution < -0.4 is 24.8 Å². The largest absolute Gasteiger partial charge is 0.422 e. The lowest BCUT2D eigenvalue weighted by Crippen LogP contribution is -2.33. The maximum atomic E-state index is 12.8. The number of nitriles is 1. The van der Waals surface area contributed by atoms with Gasteiger partial charge in [-0.1, -0.05) is 30.3 Å². The second kappa shape index (κ2) is 11.1. The van der Waals surface area contributed by atoms with Gasteiger partial charge in [0.05, 0.1) is 0 Å². The molecule has 0 radical (unpaired) electrons. The number of hydrogen-bond acceptors (Lipinski definition) is 7. The predicted octanol–water partition coefficient (Wildman–Crippen LogP) is 1.98. The molecule has 3 rings (SSSR count). The Balaban J connectivity index is 1.92. The zero-order valence-corrected chi connectivity index (χ0v) is 18.4. The van der Waals surface area contributed by atoms with E-state index in [0.717, 1.165) is 22.6 Å². The number of benzene rings is 2. The molecule has 0 bridgehead atoms. The Morgan fingerprint density at radius 1 is 1.22 bits per heavy atom. The molecule has 7 nitrogen and oxygen atoms in total. The van der Waals surface area contributed by atoms with Crippen LogP contribution in [0.15, 0.2) is 59.4 Å². The number of carbonyl (C=O) groups is 1. The van der Waals surface area contributed by atoms with Crippen molar-refractivity contribution in [2.75, 3.05) is 11.9 Å². The molecular formula is C24H23N3O4S. The Labute approximate surface area is 189 Å². The fraction of sp³-hybridized carbons (Fsp3) is 0.208. The van der Waals surface area contributed by atoms with Crippen LogP contribution in [0.2, 0.25) is 0 Å². The highest BCUT2D eigenvalue weighted by Crippen LogP contribution is 2.15. The third-order valence-electron chi connectivity index (χ3n) is 4.65. The number of aliphatic hydroxyl groups is 1. The number of carbonyl (C=O) groups excluding carboxylic acids is 1. The van der Waals surface area contributed by atoms with E-state index in [2.05, 4.69) is 5.32 Å². The van der Waals surface area contributed by atoms with Gasteiger partial charge in [0.25, 0.3) is 5.56 Å². The summed E-state index contributed by atoms with van der Waals surface area (Å²) < 4.78 is 7.40. The Morgan fingerprint density at radius 3 is 2.56 bits per heavy atom. The number of aliphatic hydroxyl groups excluding tert-OH is 1. The number of nitrogens with one attached hydrogen (secondary N) is 1. The van der Waals surface area contributed by atoms with E-state index in [1.165, 1.54) is 4.57 Å². The van der Waals surface area contributed by atoms with Crippen molar-refractivity contribution in [3.63, 3.8) is 0 Å². The summed E-state index contributed by atoms with van der Waals surface area (Å²) in [5.41, 5.74) is 1.31. The van der Waals surface area contributed by atoms with Crippen LogP contribution >= 0.6 is 11.3 Å². The second-order valence-electron chi connectivity index (χ2n) is 6.82. The minimum absolute atomic E-state index is 0.109. The molecule has 0 fully saturated rings. The first kappa shape index (κ1) is 23.0. The van der Waals surface area contributed by atoms with Gasteiger partial charge in [0.15, 0.2) is 5.57 Å². The number of rotatable bonds is 8. The lowest BCUT2D eigenvalue weighted by Gasteiger charge is -2.05. The molecule has 32 heavy (non-hydrogen) atoms. The topological polar surface area (TPSA) is 104 Å². The minimum Gasteiger partial charge on any atom is -0.422 e. The SMILES string of the molecule is CCn1c(=O)/c(=C\Nc2ccccc2)s/c1=C(/C#N)C(=O)Oc1ccc(CCCO)cc1. The summed E-state index contributed by atoms with van der Waals surface area (Å²) in [5.74, 6) is -0.517. The van der Waals surface area contributed by atoms with Crippen LogP contribution in [0.25, 0.3) is 11.8 Å². The molecule has 0 amide bonds. The summed E-state index contributed by atoms with van der Waals surface area (Å²) in [6.45, 7) is 2.19. The Kier molecular flexibility index (Phi) is 7.97. The smallest absolute Gasteiger partial charge is 0.357 e. The molecule has 0 aliphatic carbocycles. The number of esters is 1. The number of hydrogen-bond donors (Lipinski definition) is 2. The fourth-order valence-corrected chi connectivity index (χ4v) is 4.10. The van der Waals surface area contributed by atoms with Gasteiger partial charge in [-0.2, -0.15) is 5.26 Å². The van der Waals surface area contributed by atoms with Crippen molar-refractivity contribution in [3.8, 4) is 11.8 Å². The molecule has 8 heteroatoms. The molecule has 0 aliphatic rings. The Hall–Kier alpha value is -3.67. The van der Waals surface area contributed by atoms with E-state index in [1.807, 2.05) is 36.4 Å². The standard InChI is InChI=1S/C24H23N3O4S/c1-2-27-22(29)21(16-26-18-8-4-3-5-9-18)32-23(27)20(15-25)24(30)31-19-12-10-17(11-13-19)7-6-14-28/h3-5,8-13,16,26,28H,2,6-7,14H2,1H3/b21-16+,23-20-. The van der Waals surface area contributed by atoms with E-state index in [-0.39, 0.29) is 22.4 Å². The average Bonchev–Trinajstić information content (AvgIpc) is 3.13. The van der Waals surface area contributed by atoms with Crippen LogP contribution in [-0.2, 0) is 17.8 Å². The first-order valence-electron chi connectivity index (χ1n) is 10.1. The molecule has 0 atom stereocenters. The van der Waals surface area contributed by atoms with Gasteiger partial charge >= 0.3 is 5.97 Å². The van der Waals surface area contributed by atoms with Gasteiger partial charge in [-0.05, 0) is 49.6 Å². The number of nitrogens with zero attached hydrogens (tertiary/aromatic N) is 2. The van der Waals surface area contributed by atoms with E-state index in [1.54, 1.807) is 37.4 Å². The summed E-state index contributed by atoms with van der Waals surface area (Å²) in [5, 5.41) is 21.6. The van der Waals surface area contributed by atoms with E-state index >= 15 is 0 Å². The van der Waals surface area contributed by atoms with Gasteiger partial charge < -0.3 is 15.2 Å². The fourth-order valence-electron chi connectivity index (χ4n) is 3.02. The van der Waals surface area contributed by atoms with Gasteiger partial charge in [0.1, 0.15) is 21.0 Å². The van der Waals surface area contributed by atoms with E-state index in [4.69, 9.17) is 9.84 Å². The zero-order chi connectivity index (χ0) is 22.9. The molecule has 0 saturated heterocycles. The number of thiazole rings is 1. The molecule has 1 aromatic heterocycles. The molecule has 0 spiro atoms. The van der Waals surface area contributed by atoms with E-state index in [0.29, 0.717) is 29.7 Å². The van der Waals surface area contributed by atoms with Gasteiger partial charge in [0, 0.05) is 25.0 Å². The first-order chi connectivity index (χ1) is 15.6. The highest BCUT2D eigenvalue weighted by molar-refractivity contribution is 7.07. The van der Waals surface area contributed by atoms with Gasteiger partial charge in [-0.3, -0.25) is 9.36 Å². The highest BCUT2D eigenvalue weighted by atomic mass is 32.1. The predicted molar refractivity (Wildman–Crippen MR) is 125 cm³/mol. The molecule has 1 heterocycles. The van der Waals surface area contributed by atoms with E-state index < -0.39 is 5.97 Å². The molecule has 0 saturated carbocycles. The van der Waals surface area contributed by atoms with Crippen LogP contribution in [0, 0.1) is 11.3 Å². The maximum Gasteiger partial charge on any atom is 0.357 e.